The highest BCUT2D eigenvalue weighted by atomic mass is 32.2. The van der Waals surface area contributed by atoms with Crippen LogP contribution in [0.25, 0.3) is 0 Å². The quantitative estimate of drug-likeness (QED) is 0.673. The summed E-state index contributed by atoms with van der Waals surface area (Å²) in [7, 11) is 0. The van der Waals surface area contributed by atoms with E-state index in [0.29, 0.717) is 0 Å². The number of ether oxygens (including phenoxy) is 1. The van der Waals surface area contributed by atoms with Crippen molar-refractivity contribution >= 4 is 40.9 Å². The Labute approximate surface area is 158 Å². The van der Waals surface area contributed by atoms with Crippen molar-refractivity contribution in [2.45, 2.75) is 0 Å². The molecule has 142 valence electrons. The second-order valence-corrected chi connectivity index (χ2v) is 6.23. The Hall–Kier alpha value is -2.94. The van der Waals surface area contributed by atoms with Crippen molar-refractivity contribution in [2.75, 3.05) is 28.7 Å². The first-order valence-corrected chi connectivity index (χ1v) is 8.92. The van der Waals surface area contributed by atoms with Crippen LogP contribution in [0, 0.1) is 11.6 Å². The number of halogens is 2. The van der Waals surface area contributed by atoms with Crippen LogP contribution in [0.2, 0.25) is 0 Å². The Morgan fingerprint density at radius 1 is 0.926 bits per heavy atom. The summed E-state index contributed by atoms with van der Waals surface area (Å²) in [5.41, 5.74) is 0.301. The van der Waals surface area contributed by atoms with Gasteiger partial charge in [-0.25, -0.2) is 8.78 Å². The zero-order valence-corrected chi connectivity index (χ0v) is 14.9. The molecule has 2 aromatic carbocycles. The largest absolute Gasteiger partial charge is 0.455 e. The molecule has 27 heavy (non-hydrogen) atoms. The van der Waals surface area contributed by atoms with Gasteiger partial charge in [0, 0.05) is 5.69 Å². The molecule has 6 nitrogen and oxygen atoms in total. The third kappa shape index (κ3) is 7.45. The number of hydrogen-bond donors (Lipinski definition) is 2. The molecule has 0 atom stereocenters. The van der Waals surface area contributed by atoms with Gasteiger partial charge in [-0.2, -0.15) is 0 Å². The third-order valence-electron chi connectivity index (χ3n) is 3.07. The number of nitrogens with one attached hydrogen (secondary N) is 2. The van der Waals surface area contributed by atoms with Crippen LogP contribution in [0.4, 0.5) is 20.2 Å². The minimum absolute atomic E-state index is 0.0553. The summed E-state index contributed by atoms with van der Waals surface area (Å²) < 4.78 is 31.2. The second kappa shape index (κ2) is 10.3. The lowest BCUT2D eigenvalue weighted by atomic mass is 10.3. The number of amides is 2. The first-order valence-electron chi connectivity index (χ1n) is 7.77. The Morgan fingerprint density at radius 2 is 1.70 bits per heavy atom. The maximum absolute atomic E-state index is 13.4. The Bertz CT molecular complexity index is 833. The molecule has 0 bridgehead atoms. The van der Waals surface area contributed by atoms with Gasteiger partial charge in [0.05, 0.1) is 17.2 Å². The molecule has 0 fully saturated rings. The van der Waals surface area contributed by atoms with Crippen molar-refractivity contribution in [3.05, 3.63) is 60.2 Å². The van der Waals surface area contributed by atoms with Gasteiger partial charge in [-0.3, -0.25) is 14.4 Å². The van der Waals surface area contributed by atoms with E-state index in [1.807, 2.05) is 0 Å². The molecule has 0 radical (unpaired) electrons. The predicted molar refractivity (Wildman–Crippen MR) is 98.3 cm³/mol. The Balaban J connectivity index is 1.63. The van der Waals surface area contributed by atoms with E-state index in [-0.39, 0.29) is 22.9 Å². The molecule has 2 rings (SSSR count). The highest BCUT2D eigenvalue weighted by Crippen LogP contribution is 2.13. The molecule has 2 aromatic rings. The maximum atomic E-state index is 13.4. The minimum atomic E-state index is -0.687. The lowest BCUT2D eigenvalue weighted by Crippen LogP contribution is -2.22. The fourth-order valence-corrected chi connectivity index (χ4v) is 2.54. The fourth-order valence-electron chi connectivity index (χ4n) is 1.93. The summed E-state index contributed by atoms with van der Waals surface area (Å²) in [5, 5.41) is 4.77. The average Bonchev–Trinajstić information content (AvgIpc) is 2.62. The van der Waals surface area contributed by atoms with Crippen LogP contribution in [0.3, 0.4) is 0 Å². The van der Waals surface area contributed by atoms with Gasteiger partial charge in [-0.15, -0.1) is 11.8 Å². The average molecular weight is 394 g/mol. The van der Waals surface area contributed by atoms with Gasteiger partial charge in [0.2, 0.25) is 5.91 Å². The summed E-state index contributed by atoms with van der Waals surface area (Å²) in [6, 6.07) is 11.0. The Morgan fingerprint density at radius 3 is 2.44 bits per heavy atom. The molecular formula is C18H16F2N2O4S. The van der Waals surface area contributed by atoms with E-state index in [1.54, 1.807) is 6.07 Å². The maximum Gasteiger partial charge on any atom is 0.316 e. The number of benzene rings is 2. The van der Waals surface area contributed by atoms with Crippen LogP contribution in [-0.4, -0.2) is 35.9 Å². The highest BCUT2D eigenvalue weighted by Gasteiger charge is 2.11. The van der Waals surface area contributed by atoms with Crippen LogP contribution in [-0.2, 0) is 19.1 Å². The highest BCUT2D eigenvalue weighted by molar-refractivity contribution is 8.00. The predicted octanol–water partition coefficient (Wildman–Crippen LogP) is 2.82. The van der Waals surface area contributed by atoms with E-state index < -0.39 is 36.0 Å². The number of hydrogen-bond acceptors (Lipinski definition) is 5. The van der Waals surface area contributed by atoms with E-state index in [9.17, 15) is 23.2 Å². The van der Waals surface area contributed by atoms with Crippen molar-refractivity contribution in [3.8, 4) is 0 Å². The van der Waals surface area contributed by atoms with Crippen molar-refractivity contribution in [1.82, 2.24) is 0 Å². The van der Waals surface area contributed by atoms with Crippen molar-refractivity contribution in [3.63, 3.8) is 0 Å². The fraction of sp³-hybridized carbons (Fsp3) is 0.167. The molecule has 0 saturated heterocycles. The summed E-state index contributed by atoms with van der Waals surface area (Å²) in [6.07, 6.45) is 0. The van der Waals surface area contributed by atoms with Gasteiger partial charge in [0.15, 0.2) is 6.61 Å². The zero-order chi connectivity index (χ0) is 19.6. The third-order valence-corrected chi connectivity index (χ3v) is 3.98. The van der Waals surface area contributed by atoms with Gasteiger partial charge in [0.25, 0.3) is 5.91 Å². The molecule has 0 heterocycles. The normalized spacial score (nSPS) is 10.1. The number of thioether (sulfide) groups is 1. The standard InChI is InChI=1S/C18H16F2N2O4S/c19-12-4-3-5-13(8-12)21-16(23)9-26-18(25)11-27-10-17(24)22-15-7-2-1-6-14(15)20/h1-8H,9-11H2,(H,21,23)(H,22,24). The van der Waals surface area contributed by atoms with E-state index in [1.165, 1.54) is 36.4 Å². The number of anilines is 2. The van der Waals surface area contributed by atoms with Crippen molar-refractivity contribution in [1.29, 1.82) is 0 Å². The smallest absolute Gasteiger partial charge is 0.316 e. The van der Waals surface area contributed by atoms with Gasteiger partial charge in [-0.1, -0.05) is 18.2 Å². The Kier molecular flexibility index (Phi) is 7.75. The van der Waals surface area contributed by atoms with Crippen LogP contribution < -0.4 is 10.6 Å². The zero-order valence-electron chi connectivity index (χ0n) is 14.0. The lowest BCUT2D eigenvalue weighted by molar-refractivity contribution is -0.144. The SMILES string of the molecule is O=C(COC(=O)CSCC(=O)Nc1ccccc1F)Nc1cccc(F)c1. The summed E-state index contributed by atoms with van der Waals surface area (Å²) in [4.78, 5) is 34.9. The monoisotopic (exact) mass is 394 g/mol. The minimum Gasteiger partial charge on any atom is -0.455 e. The molecule has 0 aliphatic heterocycles. The number of esters is 1. The van der Waals surface area contributed by atoms with Crippen LogP contribution in [0.1, 0.15) is 0 Å². The van der Waals surface area contributed by atoms with Gasteiger partial charge in [-0.05, 0) is 30.3 Å². The molecule has 0 aliphatic carbocycles. The number of carbonyl (C=O) groups excluding carboxylic acids is 3. The number of carbonyl (C=O) groups is 3. The summed E-state index contributed by atoms with van der Waals surface area (Å²) in [5.74, 6) is -3.07. The first-order chi connectivity index (χ1) is 12.9. The topological polar surface area (TPSA) is 84.5 Å². The van der Waals surface area contributed by atoms with E-state index in [4.69, 9.17) is 4.74 Å². The van der Waals surface area contributed by atoms with E-state index in [0.717, 1.165) is 17.8 Å². The van der Waals surface area contributed by atoms with Gasteiger partial charge < -0.3 is 15.4 Å². The second-order valence-electron chi connectivity index (χ2n) is 5.24. The number of para-hydroxylation sites is 1. The molecule has 9 heteroatoms. The van der Waals surface area contributed by atoms with Crippen molar-refractivity contribution in [2.24, 2.45) is 0 Å². The molecule has 0 unspecified atom stereocenters. The molecular weight excluding hydrogens is 378 g/mol. The summed E-state index contributed by atoms with van der Waals surface area (Å²) >= 11 is 0.962. The first kappa shape index (κ1) is 20.4. The molecule has 0 aromatic heterocycles. The molecule has 2 N–H and O–H groups in total. The molecule has 2 amide bonds. The summed E-state index contributed by atoms with van der Waals surface area (Å²) in [6.45, 7) is -0.530. The van der Waals surface area contributed by atoms with E-state index >= 15 is 0 Å². The van der Waals surface area contributed by atoms with Crippen LogP contribution in [0.15, 0.2) is 48.5 Å². The van der Waals surface area contributed by atoms with Crippen LogP contribution in [0.5, 0.6) is 0 Å². The van der Waals surface area contributed by atoms with Crippen LogP contribution >= 0.6 is 11.8 Å². The van der Waals surface area contributed by atoms with Gasteiger partial charge in [0.1, 0.15) is 11.6 Å². The van der Waals surface area contributed by atoms with Crippen molar-refractivity contribution < 1.29 is 27.9 Å². The molecule has 0 aliphatic rings. The number of rotatable bonds is 8. The molecule has 0 spiro atoms. The lowest BCUT2D eigenvalue weighted by Gasteiger charge is -2.07. The van der Waals surface area contributed by atoms with Gasteiger partial charge >= 0.3 is 5.97 Å². The van der Waals surface area contributed by atoms with E-state index in [2.05, 4.69) is 10.6 Å². The molecule has 0 saturated carbocycles.